The highest BCUT2D eigenvalue weighted by Crippen LogP contribution is 2.41. The number of likely N-dealkylation sites (N-methyl/N-ethyl adjacent to an activating group) is 1. The Balaban J connectivity index is 1.73. The van der Waals surface area contributed by atoms with E-state index in [2.05, 4.69) is 25.7 Å². The first-order valence-corrected chi connectivity index (χ1v) is 13.6. The minimum Gasteiger partial charge on any atom is -0.507 e. The second-order valence-corrected chi connectivity index (χ2v) is 9.51. The third kappa shape index (κ3) is 5.96. The highest BCUT2D eigenvalue weighted by atomic mass is 16.6. The van der Waals surface area contributed by atoms with Gasteiger partial charge >= 0.3 is 0 Å². The standard InChI is InChI=1S/C30H38N2O6/c1-4-7-8-16-36-23-11-9-10-21(19-23)27-26(29(34)30(35)32(27)15-14-31(5-2)6-3)28(33)22-12-13-24-25(20-22)38-18-17-37-24/h9-13,19-20,27,33H,4-8,14-18H2,1-3H3/b28-26+/t27-/m0/s1. The van der Waals surface area contributed by atoms with Crippen LogP contribution in [-0.2, 0) is 9.59 Å². The van der Waals surface area contributed by atoms with Gasteiger partial charge in [0.25, 0.3) is 11.7 Å². The summed E-state index contributed by atoms with van der Waals surface area (Å²) in [5.41, 5.74) is 1.18. The van der Waals surface area contributed by atoms with Gasteiger partial charge in [-0.05, 0) is 55.4 Å². The van der Waals surface area contributed by atoms with Crippen LogP contribution in [-0.4, -0.2) is 72.6 Å². The van der Waals surface area contributed by atoms with Crippen molar-refractivity contribution in [3.63, 3.8) is 0 Å². The van der Waals surface area contributed by atoms with Crippen LogP contribution in [0.15, 0.2) is 48.0 Å². The molecule has 38 heavy (non-hydrogen) atoms. The SMILES string of the molecule is CCCCCOc1cccc([C@H]2/C(=C(\O)c3ccc4c(c3)OCCO4)C(=O)C(=O)N2CCN(CC)CC)c1. The Morgan fingerprint density at radius 2 is 1.79 bits per heavy atom. The molecule has 1 amide bonds. The minimum atomic E-state index is -0.738. The second kappa shape index (κ2) is 12.8. The molecule has 2 aliphatic rings. The molecular formula is C30H38N2O6. The highest BCUT2D eigenvalue weighted by Gasteiger charge is 2.46. The topological polar surface area (TPSA) is 88.5 Å². The summed E-state index contributed by atoms with van der Waals surface area (Å²) in [5.74, 6) is 0.205. The number of amides is 1. The van der Waals surface area contributed by atoms with E-state index in [9.17, 15) is 14.7 Å². The summed E-state index contributed by atoms with van der Waals surface area (Å²) in [6.07, 6.45) is 3.14. The molecule has 2 heterocycles. The smallest absolute Gasteiger partial charge is 0.295 e. The van der Waals surface area contributed by atoms with Crippen LogP contribution in [0.4, 0.5) is 0 Å². The highest BCUT2D eigenvalue weighted by molar-refractivity contribution is 6.46. The Kier molecular flexibility index (Phi) is 9.29. The van der Waals surface area contributed by atoms with Gasteiger partial charge < -0.3 is 29.1 Å². The van der Waals surface area contributed by atoms with Crippen molar-refractivity contribution < 1.29 is 28.9 Å². The summed E-state index contributed by atoms with van der Waals surface area (Å²) < 4.78 is 17.2. The van der Waals surface area contributed by atoms with Crippen LogP contribution in [0.2, 0.25) is 0 Å². The van der Waals surface area contributed by atoms with Gasteiger partial charge in [0.15, 0.2) is 11.5 Å². The third-order valence-corrected chi connectivity index (χ3v) is 7.10. The lowest BCUT2D eigenvalue weighted by atomic mass is 9.95. The van der Waals surface area contributed by atoms with E-state index in [4.69, 9.17) is 14.2 Å². The van der Waals surface area contributed by atoms with Gasteiger partial charge in [-0.2, -0.15) is 0 Å². The summed E-state index contributed by atoms with van der Waals surface area (Å²) in [7, 11) is 0. The normalized spacial score (nSPS) is 18.3. The second-order valence-electron chi connectivity index (χ2n) is 9.51. The van der Waals surface area contributed by atoms with Crippen LogP contribution in [0.5, 0.6) is 17.2 Å². The zero-order valence-electron chi connectivity index (χ0n) is 22.6. The fourth-order valence-electron chi connectivity index (χ4n) is 4.91. The number of unbranched alkanes of at least 4 members (excludes halogenated alkanes) is 2. The van der Waals surface area contributed by atoms with E-state index in [1.54, 1.807) is 23.1 Å². The van der Waals surface area contributed by atoms with E-state index in [-0.39, 0.29) is 11.3 Å². The maximum Gasteiger partial charge on any atom is 0.295 e. The number of rotatable bonds is 12. The largest absolute Gasteiger partial charge is 0.507 e. The van der Waals surface area contributed by atoms with Gasteiger partial charge in [-0.15, -0.1) is 0 Å². The number of carbonyl (C=O) groups excluding carboxylic acids is 2. The zero-order chi connectivity index (χ0) is 27.1. The van der Waals surface area contributed by atoms with Crippen LogP contribution in [0, 0.1) is 0 Å². The fraction of sp³-hybridized carbons (Fsp3) is 0.467. The van der Waals surface area contributed by atoms with Crippen molar-refractivity contribution in [2.45, 2.75) is 46.1 Å². The number of hydrogen-bond donors (Lipinski definition) is 1. The van der Waals surface area contributed by atoms with E-state index in [1.165, 1.54) is 0 Å². The summed E-state index contributed by atoms with van der Waals surface area (Å²) in [5, 5.41) is 11.4. The predicted molar refractivity (Wildman–Crippen MR) is 146 cm³/mol. The first-order valence-electron chi connectivity index (χ1n) is 13.6. The number of ketones is 1. The molecule has 2 aromatic carbocycles. The third-order valence-electron chi connectivity index (χ3n) is 7.10. The summed E-state index contributed by atoms with van der Waals surface area (Å²) in [6.45, 7) is 10.4. The van der Waals surface area contributed by atoms with Crippen LogP contribution in [0.3, 0.4) is 0 Å². The monoisotopic (exact) mass is 522 g/mol. The van der Waals surface area contributed by atoms with Gasteiger partial charge in [-0.25, -0.2) is 0 Å². The molecule has 1 atom stereocenters. The van der Waals surface area contributed by atoms with Gasteiger partial charge in [0.1, 0.15) is 24.7 Å². The lowest BCUT2D eigenvalue weighted by Crippen LogP contribution is -2.38. The van der Waals surface area contributed by atoms with Gasteiger partial charge in [0.05, 0.1) is 18.2 Å². The molecule has 0 unspecified atom stereocenters. The molecule has 8 nitrogen and oxygen atoms in total. The Labute approximate surface area is 224 Å². The average Bonchev–Trinajstić information content (AvgIpc) is 3.20. The van der Waals surface area contributed by atoms with E-state index in [1.807, 2.05) is 24.3 Å². The van der Waals surface area contributed by atoms with E-state index in [0.717, 1.165) is 37.9 Å². The molecule has 4 rings (SSSR count). The Morgan fingerprint density at radius 3 is 2.53 bits per heavy atom. The number of likely N-dealkylation sites (tertiary alicyclic amines) is 1. The maximum absolute atomic E-state index is 13.4. The lowest BCUT2D eigenvalue weighted by molar-refractivity contribution is -0.140. The number of fused-ring (bicyclic) bond motifs is 1. The van der Waals surface area contributed by atoms with Crippen LogP contribution < -0.4 is 14.2 Å². The number of nitrogens with zero attached hydrogens (tertiary/aromatic N) is 2. The molecule has 0 aliphatic carbocycles. The van der Waals surface area contributed by atoms with Crippen molar-refractivity contribution >= 4 is 17.4 Å². The Bertz CT molecular complexity index is 1170. The lowest BCUT2D eigenvalue weighted by Gasteiger charge is -2.28. The number of benzene rings is 2. The summed E-state index contributed by atoms with van der Waals surface area (Å²) in [4.78, 5) is 30.5. The zero-order valence-corrected chi connectivity index (χ0v) is 22.6. The molecule has 0 radical (unpaired) electrons. The molecule has 0 bridgehead atoms. The van der Waals surface area contributed by atoms with Gasteiger partial charge in [-0.1, -0.05) is 45.7 Å². The van der Waals surface area contributed by atoms with Crippen molar-refractivity contribution in [1.82, 2.24) is 9.80 Å². The average molecular weight is 523 g/mol. The number of carbonyl (C=O) groups is 2. The molecular weight excluding hydrogens is 484 g/mol. The fourth-order valence-corrected chi connectivity index (χ4v) is 4.91. The molecule has 8 heteroatoms. The summed E-state index contributed by atoms with van der Waals surface area (Å²) >= 11 is 0. The van der Waals surface area contributed by atoms with E-state index < -0.39 is 17.7 Å². The van der Waals surface area contributed by atoms with E-state index in [0.29, 0.717) is 55.7 Å². The predicted octanol–water partition coefficient (Wildman–Crippen LogP) is 4.79. The number of ether oxygens (including phenoxy) is 3. The summed E-state index contributed by atoms with van der Waals surface area (Å²) in [6, 6.07) is 11.8. The minimum absolute atomic E-state index is 0.0642. The maximum atomic E-state index is 13.4. The first-order chi connectivity index (χ1) is 18.5. The molecule has 1 fully saturated rings. The van der Waals surface area contributed by atoms with Crippen molar-refractivity contribution in [3.05, 3.63) is 59.2 Å². The quantitative estimate of drug-likeness (QED) is 0.186. The number of Topliss-reactive ketones (excluding diaryl/α,β-unsaturated/α-hetero) is 1. The van der Waals surface area contributed by atoms with Crippen LogP contribution in [0.25, 0.3) is 5.76 Å². The Morgan fingerprint density at radius 1 is 1.03 bits per heavy atom. The number of aliphatic hydroxyl groups is 1. The van der Waals surface area contributed by atoms with Gasteiger partial charge in [0.2, 0.25) is 0 Å². The molecule has 0 spiro atoms. The molecule has 2 aliphatic heterocycles. The van der Waals surface area contributed by atoms with Crippen LogP contribution >= 0.6 is 0 Å². The van der Waals surface area contributed by atoms with E-state index >= 15 is 0 Å². The number of aliphatic hydroxyl groups excluding tert-OH is 1. The van der Waals surface area contributed by atoms with Gasteiger partial charge in [0, 0.05) is 18.7 Å². The molecule has 1 saturated heterocycles. The molecule has 204 valence electrons. The van der Waals surface area contributed by atoms with Gasteiger partial charge in [-0.3, -0.25) is 9.59 Å². The molecule has 1 N–H and O–H groups in total. The van der Waals surface area contributed by atoms with Crippen molar-refractivity contribution in [2.75, 3.05) is 46.0 Å². The first kappa shape index (κ1) is 27.5. The van der Waals surface area contributed by atoms with Crippen molar-refractivity contribution in [3.8, 4) is 17.2 Å². The molecule has 2 aromatic rings. The Hall–Kier alpha value is -3.52. The van der Waals surface area contributed by atoms with Crippen molar-refractivity contribution in [2.24, 2.45) is 0 Å². The van der Waals surface area contributed by atoms with Crippen molar-refractivity contribution in [1.29, 1.82) is 0 Å². The van der Waals surface area contributed by atoms with Crippen LogP contribution in [0.1, 0.15) is 57.2 Å². The molecule has 0 saturated carbocycles. The number of hydrogen-bond acceptors (Lipinski definition) is 7. The molecule has 0 aromatic heterocycles.